The maximum Gasteiger partial charge on any atom is 0.258 e. The number of hydrogen-bond donors (Lipinski definition) is 0. The van der Waals surface area contributed by atoms with Gasteiger partial charge < -0.3 is 4.90 Å². The van der Waals surface area contributed by atoms with Gasteiger partial charge in [0.2, 0.25) is 10.0 Å². The largest absolute Gasteiger partial charge is 0.308 e. The first-order chi connectivity index (χ1) is 15.1. The molecule has 0 N–H and O–H groups in total. The maximum absolute atomic E-state index is 13.2. The average molecular weight is 477 g/mol. The van der Waals surface area contributed by atoms with Gasteiger partial charge in [-0.25, -0.2) is 16.8 Å². The van der Waals surface area contributed by atoms with Crippen molar-refractivity contribution in [3.8, 4) is 0 Å². The molecule has 172 valence electrons. The molecule has 2 aromatic carbocycles. The quantitative estimate of drug-likeness (QED) is 0.661. The van der Waals surface area contributed by atoms with Crippen LogP contribution in [0.15, 0.2) is 52.3 Å². The number of amides is 1. The Morgan fingerprint density at radius 1 is 0.844 bits per heavy atom. The molecule has 0 aliphatic carbocycles. The van der Waals surface area contributed by atoms with Gasteiger partial charge in [-0.1, -0.05) is 0 Å². The van der Waals surface area contributed by atoms with E-state index in [2.05, 4.69) is 0 Å². The van der Waals surface area contributed by atoms with E-state index >= 15 is 0 Å². The third-order valence-corrected chi connectivity index (χ3v) is 10.2. The van der Waals surface area contributed by atoms with E-state index in [1.54, 1.807) is 36.9 Å². The fourth-order valence-corrected chi connectivity index (χ4v) is 6.87. The highest BCUT2D eigenvalue weighted by atomic mass is 32.2. The molecule has 0 spiro atoms. The van der Waals surface area contributed by atoms with Crippen LogP contribution in [0.4, 0.5) is 5.69 Å². The number of carbonyl (C=O) groups is 1. The van der Waals surface area contributed by atoms with Crippen molar-refractivity contribution < 1.29 is 21.6 Å². The number of carbonyl (C=O) groups excluding carboxylic acids is 1. The van der Waals surface area contributed by atoms with Crippen molar-refractivity contribution in [2.75, 3.05) is 24.5 Å². The summed E-state index contributed by atoms with van der Waals surface area (Å²) in [6.45, 7) is 4.86. The van der Waals surface area contributed by atoms with Crippen LogP contribution in [0.1, 0.15) is 49.0 Å². The van der Waals surface area contributed by atoms with E-state index < -0.39 is 25.1 Å². The summed E-state index contributed by atoms with van der Waals surface area (Å²) in [5, 5.41) is -0.538. The molecule has 2 aromatic rings. The standard InChI is InChI=1S/C23H28N2O5S2/c1-17(2)31(27,28)20-9-7-18(8-10-20)23(26)25-15-5-6-19-16-21(11-12-22(19)25)32(29,30)24-13-3-4-14-24/h7-12,16-17H,3-6,13-15H2,1-2H3. The maximum atomic E-state index is 13.2. The number of fused-ring (bicyclic) bond motifs is 1. The Morgan fingerprint density at radius 2 is 1.47 bits per heavy atom. The first-order valence-corrected chi connectivity index (χ1v) is 13.9. The molecule has 0 aromatic heterocycles. The fourth-order valence-electron chi connectivity index (χ4n) is 4.24. The van der Waals surface area contributed by atoms with E-state index in [1.165, 1.54) is 28.6 Å². The minimum atomic E-state index is -3.51. The van der Waals surface area contributed by atoms with Crippen LogP contribution in [0.3, 0.4) is 0 Å². The summed E-state index contributed by atoms with van der Waals surface area (Å²) < 4.78 is 52.0. The molecule has 32 heavy (non-hydrogen) atoms. The van der Waals surface area contributed by atoms with E-state index in [4.69, 9.17) is 0 Å². The predicted molar refractivity (Wildman–Crippen MR) is 123 cm³/mol. The van der Waals surface area contributed by atoms with Gasteiger partial charge >= 0.3 is 0 Å². The molecule has 1 amide bonds. The van der Waals surface area contributed by atoms with Crippen molar-refractivity contribution in [3.05, 3.63) is 53.6 Å². The number of sulfonamides is 1. The molecule has 4 rings (SSSR count). The number of anilines is 1. The SMILES string of the molecule is CC(C)S(=O)(=O)c1ccc(C(=O)N2CCCc3cc(S(=O)(=O)N4CCCC4)ccc32)cc1. The zero-order chi connectivity index (χ0) is 23.1. The monoisotopic (exact) mass is 476 g/mol. The third-order valence-electron chi connectivity index (χ3n) is 6.17. The van der Waals surface area contributed by atoms with Crippen LogP contribution in [0.25, 0.3) is 0 Å². The van der Waals surface area contributed by atoms with Crippen molar-refractivity contribution in [3.63, 3.8) is 0 Å². The second-order valence-corrected chi connectivity index (χ2v) is 13.0. The number of aryl methyl sites for hydroxylation is 1. The van der Waals surface area contributed by atoms with Crippen LogP contribution in [0.5, 0.6) is 0 Å². The normalized spacial score (nSPS) is 17.5. The van der Waals surface area contributed by atoms with Crippen molar-refractivity contribution >= 4 is 31.5 Å². The van der Waals surface area contributed by atoms with Crippen LogP contribution in [-0.4, -0.2) is 51.9 Å². The minimum absolute atomic E-state index is 0.194. The summed E-state index contributed by atoms with van der Waals surface area (Å²) in [5.74, 6) is -0.227. The third kappa shape index (κ3) is 4.09. The van der Waals surface area contributed by atoms with Crippen molar-refractivity contribution in [2.24, 2.45) is 0 Å². The van der Waals surface area contributed by atoms with Gasteiger partial charge in [-0.05, 0) is 87.6 Å². The highest BCUT2D eigenvalue weighted by Gasteiger charge is 2.30. The average Bonchev–Trinajstić information content (AvgIpc) is 3.34. The van der Waals surface area contributed by atoms with Crippen LogP contribution in [-0.2, 0) is 26.3 Å². The van der Waals surface area contributed by atoms with Gasteiger partial charge in [-0.3, -0.25) is 4.79 Å². The van der Waals surface area contributed by atoms with Gasteiger partial charge in [-0.2, -0.15) is 4.31 Å². The van der Waals surface area contributed by atoms with E-state index in [0.29, 0.717) is 37.3 Å². The number of sulfone groups is 1. The lowest BCUT2D eigenvalue weighted by atomic mass is 10.0. The van der Waals surface area contributed by atoms with Gasteiger partial charge in [0.15, 0.2) is 9.84 Å². The molecule has 0 radical (unpaired) electrons. The zero-order valence-electron chi connectivity index (χ0n) is 18.3. The minimum Gasteiger partial charge on any atom is -0.308 e. The number of hydrogen-bond acceptors (Lipinski definition) is 5. The molecule has 1 saturated heterocycles. The zero-order valence-corrected chi connectivity index (χ0v) is 20.0. The van der Waals surface area contributed by atoms with Crippen LogP contribution >= 0.6 is 0 Å². The lowest BCUT2D eigenvalue weighted by Crippen LogP contribution is -2.36. The highest BCUT2D eigenvalue weighted by Crippen LogP contribution is 2.32. The summed E-state index contributed by atoms with van der Waals surface area (Å²) in [5.41, 5.74) is 1.94. The molecule has 0 unspecified atom stereocenters. The van der Waals surface area contributed by atoms with Crippen LogP contribution in [0, 0.1) is 0 Å². The van der Waals surface area contributed by atoms with Gasteiger partial charge in [0.1, 0.15) is 0 Å². The topological polar surface area (TPSA) is 91.8 Å². The van der Waals surface area contributed by atoms with Crippen molar-refractivity contribution in [1.29, 1.82) is 0 Å². The van der Waals surface area contributed by atoms with E-state index in [1.807, 2.05) is 0 Å². The Labute approximate surface area is 190 Å². The first kappa shape index (κ1) is 22.9. The Morgan fingerprint density at radius 3 is 2.09 bits per heavy atom. The molecule has 0 bridgehead atoms. The Bertz CT molecular complexity index is 1230. The van der Waals surface area contributed by atoms with Crippen molar-refractivity contribution in [1.82, 2.24) is 4.31 Å². The molecular formula is C23H28N2O5S2. The lowest BCUT2D eigenvalue weighted by molar-refractivity contribution is 0.0985. The molecule has 1 fully saturated rings. The summed E-state index contributed by atoms with van der Waals surface area (Å²) in [4.78, 5) is 15.3. The van der Waals surface area contributed by atoms with Crippen LogP contribution in [0.2, 0.25) is 0 Å². The van der Waals surface area contributed by atoms with E-state index in [-0.39, 0.29) is 15.7 Å². The van der Waals surface area contributed by atoms with Crippen molar-refractivity contribution in [2.45, 2.75) is 54.6 Å². The summed E-state index contributed by atoms with van der Waals surface area (Å²) in [6.07, 6.45) is 3.19. The van der Waals surface area contributed by atoms with Gasteiger partial charge in [0.25, 0.3) is 5.91 Å². The Kier molecular flexibility index (Phi) is 6.17. The Balaban J connectivity index is 1.61. The number of nitrogens with zero attached hydrogens (tertiary/aromatic N) is 2. The molecule has 0 atom stereocenters. The van der Waals surface area contributed by atoms with Gasteiger partial charge in [0, 0.05) is 30.9 Å². The molecule has 2 aliphatic rings. The molecule has 9 heteroatoms. The summed E-state index contributed by atoms with van der Waals surface area (Å²) in [7, 11) is -6.92. The van der Waals surface area contributed by atoms with E-state index in [0.717, 1.165) is 24.8 Å². The fraction of sp³-hybridized carbons (Fsp3) is 0.435. The van der Waals surface area contributed by atoms with Crippen LogP contribution < -0.4 is 4.90 Å². The first-order valence-electron chi connectivity index (χ1n) is 10.9. The highest BCUT2D eigenvalue weighted by molar-refractivity contribution is 7.92. The molecule has 0 saturated carbocycles. The number of rotatable bonds is 5. The predicted octanol–water partition coefficient (Wildman–Crippen LogP) is 3.25. The second-order valence-electron chi connectivity index (χ2n) is 8.58. The summed E-state index contributed by atoms with van der Waals surface area (Å²) >= 11 is 0. The molecule has 2 aliphatic heterocycles. The number of benzene rings is 2. The molecular weight excluding hydrogens is 448 g/mol. The molecule has 2 heterocycles. The molecule has 7 nitrogen and oxygen atoms in total. The van der Waals surface area contributed by atoms with Gasteiger partial charge in [-0.15, -0.1) is 0 Å². The Hall–Kier alpha value is -2.23. The smallest absolute Gasteiger partial charge is 0.258 e. The van der Waals surface area contributed by atoms with E-state index in [9.17, 15) is 21.6 Å². The summed E-state index contributed by atoms with van der Waals surface area (Å²) in [6, 6.07) is 11.0. The van der Waals surface area contributed by atoms with Gasteiger partial charge in [0.05, 0.1) is 15.0 Å². The second kappa shape index (κ2) is 8.61. The lowest BCUT2D eigenvalue weighted by Gasteiger charge is -2.30.